The lowest BCUT2D eigenvalue weighted by molar-refractivity contribution is 0.0908. The molecule has 0 bridgehead atoms. The van der Waals surface area contributed by atoms with Gasteiger partial charge in [0, 0.05) is 18.0 Å². The van der Waals surface area contributed by atoms with Crippen LogP contribution >= 0.6 is 11.8 Å². The van der Waals surface area contributed by atoms with Crippen LogP contribution in [0.1, 0.15) is 12.5 Å². The number of aliphatic hydroxyl groups is 1. The molecular weight excluding hydrogens is 303 g/mol. The lowest BCUT2D eigenvalue weighted by Crippen LogP contribution is -2.42. The molecule has 0 spiro atoms. The number of thioether (sulfide) groups is 1. The lowest BCUT2D eigenvalue weighted by atomic mass is 10.1. The Labute approximate surface area is 122 Å². The molecule has 8 heteroatoms. The Kier molecular flexibility index (Phi) is 5.42. The van der Waals surface area contributed by atoms with Crippen LogP contribution in [-0.4, -0.2) is 37.7 Å². The maximum absolute atomic E-state index is 13.9. The maximum Gasteiger partial charge on any atom is 0.243 e. The molecule has 0 aliphatic heterocycles. The Morgan fingerprint density at radius 2 is 2.10 bits per heavy atom. The number of hydrogen-bond donors (Lipinski definition) is 3. The summed E-state index contributed by atoms with van der Waals surface area (Å²) in [5.74, 6) is -0.482. The van der Waals surface area contributed by atoms with Crippen molar-refractivity contribution in [1.29, 1.82) is 0 Å². The number of nitrogens with two attached hydrogens (primary N) is 1. The number of nitrogens with one attached hydrogen (secondary N) is 1. The van der Waals surface area contributed by atoms with E-state index < -0.39 is 26.3 Å². The topological polar surface area (TPSA) is 92.4 Å². The van der Waals surface area contributed by atoms with Gasteiger partial charge in [-0.3, -0.25) is 0 Å². The summed E-state index contributed by atoms with van der Waals surface area (Å²) in [6, 6.07) is 2.42. The third-order valence-electron chi connectivity index (χ3n) is 2.63. The average molecular weight is 322 g/mol. The number of nitrogen functional groups attached to an aromatic ring is 1. The lowest BCUT2D eigenvalue weighted by Gasteiger charge is -2.22. The van der Waals surface area contributed by atoms with Crippen molar-refractivity contribution in [3.05, 3.63) is 23.5 Å². The Bertz CT molecular complexity index is 589. The predicted molar refractivity (Wildman–Crippen MR) is 79.7 cm³/mol. The van der Waals surface area contributed by atoms with E-state index in [1.165, 1.54) is 31.7 Å². The minimum atomic E-state index is -4.06. The zero-order chi connectivity index (χ0) is 15.6. The molecule has 1 rings (SSSR count). The first-order valence-electron chi connectivity index (χ1n) is 5.86. The molecule has 0 saturated heterocycles. The molecule has 0 fully saturated rings. The summed E-state index contributed by atoms with van der Waals surface area (Å²) in [5.41, 5.74) is 4.65. The molecule has 0 aliphatic carbocycles. The summed E-state index contributed by atoms with van der Waals surface area (Å²) in [6.07, 6.45) is 1.80. The summed E-state index contributed by atoms with van der Waals surface area (Å²) < 4.78 is 40.3. The van der Waals surface area contributed by atoms with Crippen LogP contribution in [0, 0.1) is 12.7 Å². The van der Waals surface area contributed by atoms with Gasteiger partial charge in [0.1, 0.15) is 10.7 Å². The highest BCUT2D eigenvalue weighted by Crippen LogP contribution is 2.22. The number of rotatable bonds is 6. The van der Waals surface area contributed by atoms with Crippen molar-refractivity contribution >= 4 is 27.5 Å². The predicted octanol–water partition coefficient (Wildman–Crippen LogP) is 1.11. The third-order valence-corrected chi connectivity index (χ3v) is 4.94. The monoisotopic (exact) mass is 322 g/mol. The van der Waals surface area contributed by atoms with Crippen molar-refractivity contribution in [1.82, 2.24) is 4.72 Å². The second kappa shape index (κ2) is 6.30. The van der Waals surface area contributed by atoms with Crippen molar-refractivity contribution in [2.24, 2.45) is 0 Å². The minimum absolute atomic E-state index is 0.154. The number of halogens is 1. The molecule has 4 N–H and O–H groups in total. The number of sulfonamides is 1. The average Bonchev–Trinajstić information content (AvgIpc) is 2.31. The number of benzene rings is 1. The van der Waals surface area contributed by atoms with E-state index in [0.717, 1.165) is 6.07 Å². The Morgan fingerprint density at radius 3 is 2.65 bits per heavy atom. The quantitative estimate of drug-likeness (QED) is 0.682. The largest absolute Gasteiger partial charge is 0.399 e. The molecule has 114 valence electrons. The van der Waals surface area contributed by atoms with Crippen molar-refractivity contribution in [2.75, 3.05) is 24.3 Å². The van der Waals surface area contributed by atoms with E-state index in [4.69, 9.17) is 5.73 Å². The smallest absolute Gasteiger partial charge is 0.243 e. The fourth-order valence-electron chi connectivity index (χ4n) is 1.65. The second-order valence-corrected chi connectivity index (χ2v) is 7.51. The molecular formula is C12H19FN2O3S2. The molecule has 1 atom stereocenters. The number of hydrogen-bond acceptors (Lipinski definition) is 5. The first kappa shape index (κ1) is 17.2. The van der Waals surface area contributed by atoms with Crippen molar-refractivity contribution in [2.45, 2.75) is 24.3 Å². The molecule has 0 aromatic heterocycles. The molecule has 0 aliphatic rings. The van der Waals surface area contributed by atoms with Crippen LogP contribution in [0.15, 0.2) is 17.0 Å². The summed E-state index contributed by atoms with van der Waals surface area (Å²) in [4.78, 5) is -0.505. The summed E-state index contributed by atoms with van der Waals surface area (Å²) in [7, 11) is -4.06. The van der Waals surface area contributed by atoms with Crippen LogP contribution in [0.25, 0.3) is 0 Å². The van der Waals surface area contributed by atoms with Crippen molar-refractivity contribution in [3.63, 3.8) is 0 Å². The molecule has 1 aromatic rings. The zero-order valence-corrected chi connectivity index (χ0v) is 13.2. The highest BCUT2D eigenvalue weighted by atomic mass is 32.2. The standard InChI is InChI=1S/C12H19FN2O3S2/c1-8-4-9(14)5-10(11(8)13)20(17,18)15-6-12(2,16)7-19-3/h4-5,15-16H,6-7,14H2,1-3H3. The van der Waals surface area contributed by atoms with Crippen LogP contribution in [0.2, 0.25) is 0 Å². The van der Waals surface area contributed by atoms with Gasteiger partial charge >= 0.3 is 0 Å². The first-order valence-corrected chi connectivity index (χ1v) is 8.73. The van der Waals surface area contributed by atoms with Crippen LogP contribution in [0.5, 0.6) is 0 Å². The van der Waals surface area contributed by atoms with Gasteiger partial charge in [0.25, 0.3) is 0 Å². The van der Waals surface area contributed by atoms with Gasteiger partial charge in [-0.25, -0.2) is 17.5 Å². The normalized spacial score (nSPS) is 15.1. The summed E-state index contributed by atoms with van der Waals surface area (Å²) >= 11 is 1.38. The number of anilines is 1. The summed E-state index contributed by atoms with van der Waals surface area (Å²) in [6.45, 7) is 2.74. The van der Waals surface area contributed by atoms with Gasteiger partial charge < -0.3 is 10.8 Å². The fraction of sp³-hybridized carbons (Fsp3) is 0.500. The SMILES string of the molecule is CSCC(C)(O)CNS(=O)(=O)c1cc(N)cc(C)c1F. The Morgan fingerprint density at radius 1 is 1.50 bits per heavy atom. The van der Waals surface area contributed by atoms with Crippen LogP contribution in [-0.2, 0) is 10.0 Å². The zero-order valence-electron chi connectivity index (χ0n) is 11.6. The van der Waals surface area contributed by atoms with Gasteiger partial charge in [0.2, 0.25) is 10.0 Å². The fourth-order valence-corrected chi connectivity index (χ4v) is 3.72. The van der Waals surface area contributed by atoms with E-state index >= 15 is 0 Å². The summed E-state index contributed by atoms with van der Waals surface area (Å²) in [5, 5.41) is 9.94. The molecule has 20 heavy (non-hydrogen) atoms. The van der Waals surface area contributed by atoms with Crippen LogP contribution < -0.4 is 10.5 Å². The van der Waals surface area contributed by atoms with E-state index in [9.17, 15) is 17.9 Å². The highest BCUT2D eigenvalue weighted by molar-refractivity contribution is 7.98. The van der Waals surface area contributed by atoms with E-state index in [1.807, 2.05) is 0 Å². The second-order valence-electron chi connectivity index (χ2n) is 4.90. The van der Waals surface area contributed by atoms with Crippen molar-refractivity contribution in [3.8, 4) is 0 Å². The molecule has 5 nitrogen and oxygen atoms in total. The third kappa shape index (κ3) is 4.34. The maximum atomic E-state index is 13.9. The molecule has 1 unspecified atom stereocenters. The van der Waals surface area contributed by atoms with E-state index in [-0.39, 0.29) is 17.8 Å². The van der Waals surface area contributed by atoms with Crippen LogP contribution in [0.4, 0.5) is 10.1 Å². The number of aryl methyl sites for hydroxylation is 1. The first-order chi connectivity index (χ1) is 9.09. The molecule has 0 radical (unpaired) electrons. The Hall–Kier alpha value is -0.830. The van der Waals surface area contributed by atoms with E-state index in [1.54, 1.807) is 6.26 Å². The van der Waals surface area contributed by atoms with Gasteiger partial charge in [-0.05, 0) is 37.8 Å². The van der Waals surface area contributed by atoms with Gasteiger partial charge in [0.15, 0.2) is 0 Å². The molecule has 0 amide bonds. The molecule has 0 saturated carbocycles. The van der Waals surface area contributed by atoms with Gasteiger partial charge in [0.05, 0.1) is 5.60 Å². The van der Waals surface area contributed by atoms with E-state index in [2.05, 4.69) is 4.72 Å². The minimum Gasteiger partial charge on any atom is -0.399 e. The van der Waals surface area contributed by atoms with Gasteiger partial charge in [-0.2, -0.15) is 11.8 Å². The van der Waals surface area contributed by atoms with E-state index in [0.29, 0.717) is 5.75 Å². The Balaban J connectivity index is 3.01. The highest BCUT2D eigenvalue weighted by Gasteiger charge is 2.26. The molecule has 0 heterocycles. The van der Waals surface area contributed by atoms with Crippen LogP contribution in [0.3, 0.4) is 0 Å². The van der Waals surface area contributed by atoms with Gasteiger partial charge in [-0.1, -0.05) is 0 Å². The van der Waals surface area contributed by atoms with Gasteiger partial charge in [-0.15, -0.1) is 0 Å². The van der Waals surface area contributed by atoms with Crippen molar-refractivity contribution < 1.29 is 17.9 Å². The molecule has 1 aromatic carbocycles.